The van der Waals surface area contributed by atoms with E-state index in [1.807, 2.05) is 54.6 Å². The topological polar surface area (TPSA) is 49.8 Å². The van der Waals surface area contributed by atoms with Crippen LogP contribution < -0.4 is 18.9 Å². The van der Waals surface area contributed by atoms with Crippen LogP contribution in [-0.2, 0) is 0 Å². The summed E-state index contributed by atoms with van der Waals surface area (Å²) in [6, 6.07) is 17.1. The lowest BCUT2D eigenvalue weighted by Crippen LogP contribution is -1.97. The molecule has 0 aliphatic rings. The Labute approximate surface area is 153 Å². The maximum atomic E-state index is 5.51. The van der Waals surface area contributed by atoms with Crippen molar-refractivity contribution in [3.05, 3.63) is 54.6 Å². The lowest BCUT2D eigenvalue weighted by Gasteiger charge is -2.15. The average molecular weight is 351 g/mol. The van der Waals surface area contributed by atoms with E-state index in [9.17, 15) is 0 Å². The van der Waals surface area contributed by atoms with E-state index in [1.54, 1.807) is 28.4 Å². The van der Waals surface area contributed by atoms with Gasteiger partial charge in [-0.3, -0.25) is 0 Å². The molecule has 1 heterocycles. The molecular weight excluding hydrogens is 330 g/mol. The average Bonchev–Trinajstić information content (AvgIpc) is 2.72. The predicted octanol–water partition coefficient (Wildman–Crippen LogP) is 4.45. The largest absolute Gasteiger partial charge is 0.496 e. The van der Waals surface area contributed by atoms with E-state index in [4.69, 9.17) is 23.9 Å². The third-order valence-corrected chi connectivity index (χ3v) is 4.12. The van der Waals surface area contributed by atoms with E-state index in [0.717, 1.165) is 22.5 Å². The SMILES string of the molecule is COc1cccc(OC)c1-c1cccc(-c2c(OC)cccc2OC)n1. The molecular formula is C21H21NO4. The molecule has 3 aromatic rings. The summed E-state index contributed by atoms with van der Waals surface area (Å²) in [5.74, 6) is 2.78. The number of hydrogen-bond acceptors (Lipinski definition) is 5. The van der Waals surface area contributed by atoms with E-state index in [0.29, 0.717) is 23.0 Å². The molecule has 1 aromatic heterocycles. The first-order valence-electron chi connectivity index (χ1n) is 8.13. The maximum Gasteiger partial charge on any atom is 0.132 e. The summed E-state index contributed by atoms with van der Waals surface area (Å²) >= 11 is 0. The van der Waals surface area contributed by atoms with Crippen LogP contribution in [0, 0.1) is 0 Å². The molecule has 0 N–H and O–H groups in total. The Morgan fingerprint density at radius 3 is 1.12 bits per heavy atom. The van der Waals surface area contributed by atoms with Crippen molar-refractivity contribution in [2.75, 3.05) is 28.4 Å². The second-order valence-corrected chi connectivity index (χ2v) is 5.48. The highest BCUT2D eigenvalue weighted by Crippen LogP contribution is 2.41. The zero-order chi connectivity index (χ0) is 18.5. The molecule has 0 fully saturated rings. The first-order chi connectivity index (χ1) is 12.7. The van der Waals surface area contributed by atoms with Gasteiger partial charge in [-0.25, -0.2) is 4.98 Å². The Hall–Kier alpha value is -3.21. The van der Waals surface area contributed by atoms with Crippen molar-refractivity contribution in [3.8, 4) is 45.5 Å². The number of methoxy groups -OCH3 is 4. The molecule has 26 heavy (non-hydrogen) atoms. The van der Waals surface area contributed by atoms with Gasteiger partial charge in [0.25, 0.3) is 0 Å². The van der Waals surface area contributed by atoms with Crippen molar-refractivity contribution in [1.29, 1.82) is 0 Å². The molecule has 5 nitrogen and oxygen atoms in total. The minimum absolute atomic E-state index is 0.695. The lowest BCUT2D eigenvalue weighted by molar-refractivity contribution is 0.397. The molecule has 3 rings (SSSR count). The molecule has 0 atom stereocenters. The fourth-order valence-electron chi connectivity index (χ4n) is 2.92. The molecule has 5 heteroatoms. The normalized spacial score (nSPS) is 10.3. The zero-order valence-corrected chi connectivity index (χ0v) is 15.3. The molecule has 0 saturated heterocycles. The molecule has 0 spiro atoms. The number of ether oxygens (including phenoxy) is 4. The van der Waals surface area contributed by atoms with Crippen LogP contribution >= 0.6 is 0 Å². The summed E-state index contributed by atoms with van der Waals surface area (Å²) in [5.41, 5.74) is 3.08. The van der Waals surface area contributed by atoms with Gasteiger partial charge < -0.3 is 18.9 Å². The molecule has 0 unspecified atom stereocenters. The van der Waals surface area contributed by atoms with Gasteiger partial charge in [0.1, 0.15) is 23.0 Å². The van der Waals surface area contributed by atoms with Crippen molar-refractivity contribution in [2.24, 2.45) is 0 Å². The van der Waals surface area contributed by atoms with Gasteiger partial charge in [-0.1, -0.05) is 18.2 Å². The highest BCUT2D eigenvalue weighted by atomic mass is 16.5. The van der Waals surface area contributed by atoms with Gasteiger partial charge in [0, 0.05) is 0 Å². The number of hydrogen-bond donors (Lipinski definition) is 0. The molecule has 0 aliphatic carbocycles. The van der Waals surface area contributed by atoms with Crippen LogP contribution in [0.25, 0.3) is 22.5 Å². The van der Waals surface area contributed by atoms with Crippen molar-refractivity contribution < 1.29 is 18.9 Å². The highest BCUT2D eigenvalue weighted by molar-refractivity contribution is 5.79. The summed E-state index contributed by atoms with van der Waals surface area (Å²) in [4.78, 5) is 4.83. The molecule has 0 bridgehead atoms. The Kier molecular flexibility index (Phi) is 5.27. The van der Waals surface area contributed by atoms with Crippen LogP contribution in [0.3, 0.4) is 0 Å². The number of benzene rings is 2. The second-order valence-electron chi connectivity index (χ2n) is 5.48. The van der Waals surface area contributed by atoms with Crippen molar-refractivity contribution in [1.82, 2.24) is 4.98 Å². The first kappa shape index (κ1) is 17.6. The van der Waals surface area contributed by atoms with Gasteiger partial charge in [0.2, 0.25) is 0 Å². The van der Waals surface area contributed by atoms with Gasteiger partial charge in [0.05, 0.1) is 51.0 Å². The summed E-state index contributed by atoms with van der Waals surface area (Å²) < 4.78 is 22.0. The minimum atomic E-state index is 0.695. The molecule has 0 amide bonds. The standard InChI is InChI=1S/C21H21NO4/c1-23-16-10-6-11-17(24-2)20(16)14-8-5-9-15(22-14)21-18(25-3)12-7-13-19(21)26-4/h5-13H,1-4H3. The van der Waals surface area contributed by atoms with Crippen LogP contribution in [0.2, 0.25) is 0 Å². The van der Waals surface area contributed by atoms with E-state index in [1.165, 1.54) is 0 Å². The third-order valence-electron chi connectivity index (χ3n) is 4.12. The number of rotatable bonds is 6. The first-order valence-corrected chi connectivity index (χ1v) is 8.13. The lowest BCUT2D eigenvalue weighted by atomic mass is 10.0. The summed E-state index contributed by atoms with van der Waals surface area (Å²) in [5, 5.41) is 0. The maximum absolute atomic E-state index is 5.51. The van der Waals surface area contributed by atoms with E-state index in [-0.39, 0.29) is 0 Å². The van der Waals surface area contributed by atoms with Crippen molar-refractivity contribution in [2.45, 2.75) is 0 Å². The van der Waals surface area contributed by atoms with Gasteiger partial charge in [-0.15, -0.1) is 0 Å². The highest BCUT2D eigenvalue weighted by Gasteiger charge is 2.17. The van der Waals surface area contributed by atoms with Crippen LogP contribution in [0.4, 0.5) is 0 Å². The summed E-state index contributed by atoms with van der Waals surface area (Å²) in [6.07, 6.45) is 0. The van der Waals surface area contributed by atoms with Gasteiger partial charge in [-0.05, 0) is 36.4 Å². The Bertz CT molecular complexity index is 793. The van der Waals surface area contributed by atoms with Crippen LogP contribution in [-0.4, -0.2) is 33.4 Å². The molecule has 134 valence electrons. The monoisotopic (exact) mass is 351 g/mol. The van der Waals surface area contributed by atoms with Crippen LogP contribution in [0.5, 0.6) is 23.0 Å². The molecule has 0 radical (unpaired) electrons. The minimum Gasteiger partial charge on any atom is -0.496 e. The summed E-state index contributed by atoms with van der Waals surface area (Å²) in [7, 11) is 6.52. The number of nitrogens with zero attached hydrogens (tertiary/aromatic N) is 1. The second kappa shape index (κ2) is 7.78. The van der Waals surface area contributed by atoms with Crippen LogP contribution in [0.1, 0.15) is 0 Å². The van der Waals surface area contributed by atoms with E-state index < -0.39 is 0 Å². The summed E-state index contributed by atoms with van der Waals surface area (Å²) in [6.45, 7) is 0. The Balaban J connectivity index is 2.21. The zero-order valence-electron chi connectivity index (χ0n) is 15.3. The van der Waals surface area contributed by atoms with E-state index in [2.05, 4.69) is 0 Å². The van der Waals surface area contributed by atoms with E-state index >= 15 is 0 Å². The van der Waals surface area contributed by atoms with Crippen LogP contribution in [0.15, 0.2) is 54.6 Å². The van der Waals surface area contributed by atoms with Gasteiger partial charge in [0.15, 0.2) is 0 Å². The number of aromatic nitrogens is 1. The van der Waals surface area contributed by atoms with Gasteiger partial charge >= 0.3 is 0 Å². The van der Waals surface area contributed by atoms with Crippen molar-refractivity contribution in [3.63, 3.8) is 0 Å². The predicted molar refractivity (Wildman–Crippen MR) is 101 cm³/mol. The Morgan fingerprint density at radius 1 is 0.500 bits per heavy atom. The fourth-order valence-corrected chi connectivity index (χ4v) is 2.92. The molecule has 0 aliphatic heterocycles. The van der Waals surface area contributed by atoms with Crippen molar-refractivity contribution >= 4 is 0 Å². The third kappa shape index (κ3) is 3.16. The number of pyridine rings is 1. The Morgan fingerprint density at radius 2 is 0.808 bits per heavy atom. The van der Waals surface area contributed by atoms with Gasteiger partial charge in [-0.2, -0.15) is 0 Å². The molecule has 2 aromatic carbocycles. The fraction of sp³-hybridized carbons (Fsp3) is 0.190. The quantitative estimate of drug-likeness (QED) is 0.657. The smallest absolute Gasteiger partial charge is 0.132 e. The molecule has 0 saturated carbocycles.